The quantitative estimate of drug-likeness (QED) is 0.779. The van der Waals surface area contributed by atoms with E-state index in [0.717, 1.165) is 30.8 Å². The summed E-state index contributed by atoms with van der Waals surface area (Å²) in [6.45, 7) is 6.99. The first-order valence-corrected chi connectivity index (χ1v) is 7.18. The van der Waals surface area contributed by atoms with Gasteiger partial charge in [0, 0.05) is 6.04 Å². The number of ether oxygens (including phenoxy) is 2. The molecule has 0 saturated heterocycles. The second-order valence-corrected chi connectivity index (χ2v) is 4.99. The number of hydrogen-bond donors (Lipinski definition) is 1. The summed E-state index contributed by atoms with van der Waals surface area (Å²) in [6, 6.07) is 6.50. The third kappa shape index (κ3) is 4.75. The normalized spacial score (nSPS) is 13.9. The molecule has 2 unspecified atom stereocenters. The van der Waals surface area contributed by atoms with Crippen molar-refractivity contribution in [2.75, 3.05) is 13.7 Å². The Labute approximate surface area is 117 Å². The molecule has 19 heavy (non-hydrogen) atoms. The van der Waals surface area contributed by atoms with Gasteiger partial charge in [-0.05, 0) is 49.8 Å². The van der Waals surface area contributed by atoms with E-state index in [1.807, 2.05) is 13.0 Å². The first-order valence-electron chi connectivity index (χ1n) is 7.18. The monoisotopic (exact) mass is 265 g/mol. The van der Waals surface area contributed by atoms with E-state index in [-0.39, 0.29) is 0 Å². The van der Waals surface area contributed by atoms with Crippen LogP contribution in [0, 0.1) is 0 Å². The zero-order valence-corrected chi connectivity index (χ0v) is 12.6. The summed E-state index contributed by atoms with van der Waals surface area (Å²) in [4.78, 5) is 0. The third-order valence-corrected chi connectivity index (χ3v) is 3.55. The van der Waals surface area contributed by atoms with Crippen LogP contribution < -0.4 is 15.2 Å². The van der Waals surface area contributed by atoms with Crippen LogP contribution in [-0.2, 0) is 0 Å². The number of benzene rings is 1. The summed E-state index contributed by atoms with van der Waals surface area (Å²) in [5.74, 6) is 2.11. The van der Waals surface area contributed by atoms with Crippen LogP contribution in [0.4, 0.5) is 0 Å². The van der Waals surface area contributed by atoms with E-state index in [4.69, 9.17) is 15.2 Å². The molecule has 0 aromatic heterocycles. The maximum atomic E-state index is 5.97. The van der Waals surface area contributed by atoms with Crippen molar-refractivity contribution in [3.8, 4) is 11.5 Å². The van der Waals surface area contributed by atoms with Crippen molar-refractivity contribution in [1.29, 1.82) is 0 Å². The van der Waals surface area contributed by atoms with Crippen LogP contribution in [0.3, 0.4) is 0 Å². The van der Waals surface area contributed by atoms with Crippen LogP contribution >= 0.6 is 0 Å². The molecule has 3 nitrogen and oxygen atoms in total. The predicted molar refractivity (Wildman–Crippen MR) is 80.1 cm³/mol. The molecule has 2 atom stereocenters. The Morgan fingerprint density at radius 1 is 1.16 bits per heavy atom. The average molecular weight is 265 g/mol. The van der Waals surface area contributed by atoms with Gasteiger partial charge in [0.25, 0.3) is 0 Å². The molecule has 1 rings (SSSR count). The lowest BCUT2D eigenvalue weighted by Crippen LogP contribution is -2.18. The number of rotatable bonds is 8. The van der Waals surface area contributed by atoms with Crippen LogP contribution in [0.5, 0.6) is 11.5 Å². The Hall–Kier alpha value is -1.22. The molecule has 0 spiro atoms. The lowest BCUT2D eigenvalue weighted by atomic mass is 9.93. The van der Waals surface area contributed by atoms with E-state index >= 15 is 0 Å². The van der Waals surface area contributed by atoms with Gasteiger partial charge in [-0.15, -0.1) is 0 Å². The molecule has 0 radical (unpaired) electrons. The smallest absolute Gasteiger partial charge is 0.161 e. The molecule has 0 aliphatic carbocycles. The molecule has 1 aromatic rings. The Morgan fingerprint density at radius 3 is 2.47 bits per heavy atom. The summed E-state index contributed by atoms with van der Waals surface area (Å²) in [5.41, 5.74) is 7.26. The van der Waals surface area contributed by atoms with Gasteiger partial charge in [0.15, 0.2) is 11.5 Å². The molecule has 0 saturated carbocycles. The average Bonchev–Trinajstić information content (AvgIpc) is 2.44. The Bertz CT molecular complexity index is 379. The SMILES string of the molecule is CCOc1ccc(C(C)CCC(N)CC)cc1OC. The van der Waals surface area contributed by atoms with Gasteiger partial charge in [-0.25, -0.2) is 0 Å². The predicted octanol–water partition coefficient (Wildman–Crippen LogP) is 3.71. The van der Waals surface area contributed by atoms with E-state index in [1.54, 1.807) is 7.11 Å². The standard InChI is InChI=1S/C16H27NO2/c1-5-14(17)9-7-12(3)13-8-10-15(19-6-2)16(11-13)18-4/h8,10-12,14H,5-7,9,17H2,1-4H3. The highest BCUT2D eigenvalue weighted by Gasteiger charge is 2.11. The molecule has 2 N–H and O–H groups in total. The topological polar surface area (TPSA) is 44.5 Å². The van der Waals surface area contributed by atoms with E-state index in [2.05, 4.69) is 26.0 Å². The van der Waals surface area contributed by atoms with Gasteiger partial charge in [0.05, 0.1) is 13.7 Å². The molecular weight excluding hydrogens is 238 g/mol. The van der Waals surface area contributed by atoms with Gasteiger partial charge in [-0.3, -0.25) is 0 Å². The first kappa shape index (κ1) is 15.8. The van der Waals surface area contributed by atoms with Crippen molar-refractivity contribution in [3.63, 3.8) is 0 Å². The second-order valence-electron chi connectivity index (χ2n) is 4.99. The minimum Gasteiger partial charge on any atom is -0.493 e. The summed E-state index contributed by atoms with van der Waals surface area (Å²) in [7, 11) is 1.68. The van der Waals surface area contributed by atoms with Crippen LogP contribution in [0.15, 0.2) is 18.2 Å². The van der Waals surface area contributed by atoms with Gasteiger partial charge in [0.1, 0.15) is 0 Å². The molecule has 3 heteroatoms. The largest absolute Gasteiger partial charge is 0.493 e. The molecule has 0 bridgehead atoms. The number of methoxy groups -OCH3 is 1. The third-order valence-electron chi connectivity index (χ3n) is 3.55. The maximum absolute atomic E-state index is 5.97. The summed E-state index contributed by atoms with van der Waals surface area (Å²) >= 11 is 0. The van der Waals surface area contributed by atoms with Crippen LogP contribution in [0.25, 0.3) is 0 Å². The molecule has 0 fully saturated rings. The summed E-state index contributed by atoms with van der Waals surface area (Å²) in [6.07, 6.45) is 3.21. The number of hydrogen-bond acceptors (Lipinski definition) is 3. The van der Waals surface area contributed by atoms with Crippen molar-refractivity contribution < 1.29 is 9.47 Å². The minimum absolute atomic E-state index is 0.312. The second kappa shape index (κ2) is 8.05. The van der Waals surface area contributed by atoms with Gasteiger partial charge in [-0.1, -0.05) is 19.9 Å². The van der Waals surface area contributed by atoms with E-state index in [0.29, 0.717) is 18.6 Å². The molecular formula is C16H27NO2. The molecule has 1 aromatic carbocycles. The zero-order valence-electron chi connectivity index (χ0n) is 12.6. The molecule has 0 aliphatic rings. The lowest BCUT2D eigenvalue weighted by molar-refractivity contribution is 0.310. The Morgan fingerprint density at radius 2 is 1.89 bits per heavy atom. The van der Waals surface area contributed by atoms with Crippen molar-refractivity contribution in [1.82, 2.24) is 0 Å². The van der Waals surface area contributed by atoms with Crippen molar-refractivity contribution in [2.24, 2.45) is 5.73 Å². The van der Waals surface area contributed by atoms with Gasteiger partial charge in [-0.2, -0.15) is 0 Å². The molecule has 0 heterocycles. The fourth-order valence-electron chi connectivity index (χ4n) is 2.10. The van der Waals surface area contributed by atoms with Gasteiger partial charge >= 0.3 is 0 Å². The van der Waals surface area contributed by atoms with Crippen LogP contribution in [0.1, 0.15) is 51.5 Å². The van der Waals surface area contributed by atoms with Gasteiger partial charge in [0.2, 0.25) is 0 Å². The summed E-state index contributed by atoms with van der Waals surface area (Å²) < 4.78 is 10.9. The maximum Gasteiger partial charge on any atom is 0.161 e. The summed E-state index contributed by atoms with van der Waals surface area (Å²) in [5, 5.41) is 0. The molecule has 0 aliphatic heterocycles. The zero-order chi connectivity index (χ0) is 14.3. The van der Waals surface area contributed by atoms with E-state index in [1.165, 1.54) is 5.56 Å². The van der Waals surface area contributed by atoms with Crippen molar-refractivity contribution in [2.45, 2.75) is 52.0 Å². The van der Waals surface area contributed by atoms with Crippen molar-refractivity contribution >= 4 is 0 Å². The molecule has 0 amide bonds. The Kier molecular flexibility index (Phi) is 6.71. The van der Waals surface area contributed by atoms with E-state index < -0.39 is 0 Å². The lowest BCUT2D eigenvalue weighted by Gasteiger charge is -2.17. The highest BCUT2D eigenvalue weighted by atomic mass is 16.5. The molecule has 108 valence electrons. The minimum atomic E-state index is 0.312. The van der Waals surface area contributed by atoms with Crippen LogP contribution in [-0.4, -0.2) is 19.8 Å². The first-order chi connectivity index (χ1) is 9.12. The fraction of sp³-hybridized carbons (Fsp3) is 0.625. The van der Waals surface area contributed by atoms with E-state index in [9.17, 15) is 0 Å². The highest BCUT2D eigenvalue weighted by molar-refractivity contribution is 5.43. The van der Waals surface area contributed by atoms with Crippen molar-refractivity contribution in [3.05, 3.63) is 23.8 Å². The Balaban J connectivity index is 2.72. The van der Waals surface area contributed by atoms with Crippen LogP contribution in [0.2, 0.25) is 0 Å². The highest BCUT2D eigenvalue weighted by Crippen LogP contribution is 2.32. The number of nitrogens with two attached hydrogens (primary N) is 1. The fourth-order valence-corrected chi connectivity index (χ4v) is 2.10. The van der Waals surface area contributed by atoms with Gasteiger partial charge < -0.3 is 15.2 Å².